The van der Waals surface area contributed by atoms with Gasteiger partial charge in [0.2, 0.25) is 9.84 Å². The highest BCUT2D eigenvalue weighted by molar-refractivity contribution is 7.91. The fourth-order valence-electron chi connectivity index (χ4n) is 3.66. The Kier molecular flexibility index (Phi) is 5.95. The highest BCUT2D eigenvalue weighted by Crippen LogP contribution is 2.35. The van der Waals surface area contributed by atoms with Crippen LogP contribution in [0.2, 0.25) is 0 Å². The van der Waals surface area contributed by atoms with Crippen molar-refractivity contribution in [3.8, 4) is 0 Å². The molecule has 0 bridgehead atoms. The molecule has 0 atom stereocenters. The van der Waals surface area contributed by atoms with Crippen molar-refractivity contribution in [3.63, 3.8) is 0 Å². The van der Waals surface area contributed by atoms with Gasteiger partial charge in [-0.1, -0.05) is 12.1 Å². The molecule has 0 aliphatic carbocycles. The summed E-state index contributed by atoms with van der Waals surface area (Å²) in [5.41, 5.74) is 0.838. The van der Waals surface area contributed by atoms with Crippen molar-refractivity contribution in [2.75, 3.05) is 11.9 Å². The number of carbonyl (C=O) groups is 3. The first-order chi connectivity index (χ1) is 16.5. The Morgan fingerprint density at radius 3 is 2.34 bits per heavy atom. The van der Waals surface area contributed by atoms with Crippen molar-refractivity contribution in [2.24, 2.45) is 0 Å². The van der Waals surface area contributed by atoms with E-state index in [2.05, 4.69) is 5.32 Å². The number of esters is 1. The number of benzene rings is 3. The second kappa shape index (κ2) is 8.76. The fraction of sp³-hybridized carbons (Fsp3) is 0.125. The topological polar surface area (TPSA) is 150 Å². The summed E-state index contributed by atoms with van der Waals surface area (Å²) in [7, 11) is -4.05. The predicted molar refractivity (Wildman–Crippen MR) is 123 cm³/mol. The molecule has 1 amide bonds. The highest BCUT2D eigenvalue weighted by Gasteiger charge is 2.35. The summed E-state index contributed by atoms with van der Waals surface area (Å²) in [6.07, 6.45) is 0. The van der Waals surface area contributed by atoms with E-state index < -0.39 is 39.0 Å². The molecule has 4 rings (SSSR count). The van der Waals surface area contributed by atoms with Gasteiger partial charge in [-0.05, 0) is 61.4 Å². The maximum absolute atomic E-state index is 13.0. The monoisotopic (exact) mass is 494 g/mol. The van der Waals surface area contributed by atoms with E-state index in [0.29, 0.717) is 11.1 Å². The zero-order chi connectivity index (χ0) is 25.5. The van der Waals surface area contributed by atoms with Crippen LogP contribution in [0.15, 0.2) is 64.4 Å². The average Bonchev–Trinajstić information content (AvgIpc) is 2.83. The van der Waals surface area contributed by atoms with Gasteiger partial charge >= 0.3 is 5.97 Å². The molecule has 1 aliphatic rings. The van der Waals surface area contributed by atoms with Gasteiger partial charge in [0.15, 0.2) is 12.4 Å². The van der Waals surface area contributed by atoms with Crippen LogP contribution < -0.4 is 5.32 Å². The number of sulfone groups is 1. The lowest BCUT2D eigenvalue weighted by atomic mass is 10.0. The van der Waals surface area contributed by atoms with Gasteiger partial charge in [0.1, 0.15) is 5.69 Å². The van der Waals surface area contributed by atoms with Gasteiger partial charge in [0.05, 0.1) is 20.3 Å². The maximum Gasteiger partial charge on any atom is 0.338 e. The summed E-state index contributed by atoms with van der Waals surface area (Å²) in [6.45, 7) is 2.65. The quantitative estimate of drug-likeness (QED) is 0.252. The number of nitro groups is 1. The van der Waals surface area contributed by atoms with Gasteiger partial charge in [-0.3, -0.25) is 19.7 Å². The Balaban J connectivity index is 1.52. The number of fused-ring (bicyclic) bond motifs is 2. The number of ketones is 1. The van der Waals surface area contributed by atoms with Gasteiger partial charge in [-0.2, -0.15) is 0 Å². The molecule has 0 aromatic heterocycles. The van der Waals surface area contributed by atoms with Gasteiger partial charge in [0.25, 0.3) is 11.6 Å². The Labute approximate surface area is 199 Å². The zero-order valence-electron chi connectivity index (χ0n) is 18.5. The summed E-state index contributed by atoms with van der Waals surface area (Å²) < 4.78 is 31.0. The standard InChI is InChI=1S/C24H18N2O8S/c1-13-9-18(19(26(30)31)10-14(13)2)25-22(27)12-34-24(29)15-7-8-17-21(11-15)35(32,33)20-6-4-3-5-16(20)23(17)28/h3-11H,12H2,1-2H3,(H,25,27). The molecule has 10 nitrogen and oxygen atoms in total. The van der Waals surface area contributed by atoms with Gasteiger partial charge < -0.3 is 10.1 Å². The van der Waals surface area contributed by atoms with Crippen molar-refractivity contribution in [2.45, 2.75) is 23.6 Å². The van der Waals surface area contributed by atoms with Crippen LogP contribution in [-0.2, 0) is 19.4 Å². The molecule has 0 saturated carbocycles. The third-order valence-corrected chi connectivity index (χ3v) is 7.44. The number of amides is 1. The molecule has 1 heterocycles. The van der Waals surface area contributed by atoms with Crippen LogP contribution in [0.5, 0.6) is 0 Å². The number of aryl methyl sites for hydroxylation is 2. The number of nitrogens with zero attached hydrogens (tertiary/aromatic N) is 1. The second-order valence-electron chi connectivity index (χ2n) is 7.87. The predicted octanol–water partition coefficient (Wildman–Crippen LogP) is 3.38. The van der Waals surface area contributed by atoms with Crippen molar-refractivity contribution in [1.82, 2.24) is 0 Å². The van der Waals surface area contributed by atoms with Crippen LogP contribution in [-0.4, -0.2) is 37.6 Å². The Morgan fingerprint density at radius 1 is 0.971 bits per heavy atom. The number of nitro benzene ring substituents is 1. The normalized spacial score (nSPS) is 13.4. The van der Waals surface area contributed by atoms with E-state index >= 15 is 0 Å². The third kappa shape index (κ3) is 4.28. The first kappa shape index (κ1) is 23.8. The van der Waals surface area contributed by atoms with E-state index in [1.807, 2.05) is 0 Å². The van der Waals surface area contributed by atoms with Gasteiger partial charge in [0, 0.05) is 17.2 Å². The molecule has 0 unspecified atom stereocenters. The first-order valence-corrected chi connectivity index (χ1v) is 11.7. The molecule has 35 heavy (non-hydrogen) atoms. The molecule has 178 valence electrons. The van der Waals surface area contributed by atoms with E-state index in [9.17, 15) is 32.9 Å². The van der Waals surface area contributed by atoms with Crippen molar-refractivity contribution in [1.29, 1.82) is 0 Å². The minimum atomic E-state index is -4.05. The Hall–Kier alpha value is -4.38. The van der Waals surface area contributed by atoms with E-state index in [1.165, 1.54) is 42.5 Å². The average molecular weight is 494 g/mol. The van der Waals surface area contributed by atoms with Gasteiger partial charge in [-0.25, -0.2) is 13.2 Å². The Bertz CT molecular complexity index is 1540. The lowest BCUT2D eigenvalue weighted by Gasteiger charge is -2.19. The third-order valence-electron chi connectivity index (χ3n) is 5.59. The van der Waals surface area contributed by atoms with Gasteiger partial charge in [-0.15, -0.1) is 0 Å². The molecule has 0 saturated heterocycles. The van der Waals surface area contributed by atoms with E-state index in [-0.39, 0.29) is 37.9 Å². The Morgan fingerprint density at radius 2 is 1.63 bits per heavy atom. The molecule has 0 radical (unpaired) electrons. The molecule has 11 heteroatoms. The second-order valence-corrected chi connectivity index (χ2v) is 9.76. The molecular weight excluding hydrogens is 476 g/mol. The number of anilines is 1. The lowest BCUT2D eigenvalue weighted by Crippen LogP contribution is -2.23. The van der Waals surface area contributed by atoms with Crippen LogP contribution in [0.4, 0.5) is 11.4 Å². The number of nitrogens with one attached hydrogen (secondary N) is 1. The highest BCUT2D eigenvalue weighted by atomic mass is 32.2. The molecule has 3 aromatic rings. The van der Waals surface area contributed by atoms with Crippen molar-refractivity contribution >= 4 is 38.9 Å². The summed E-state index contributed by atoms with van der Waals surface area (Å²) in [5, 5.41) is 13.6. The summed E-state index contributed by atoms with van der Waals surface area (Å²) in [5.74, 6) is -2.31. The van der Waals surface area contributed by atoms with Crippen LogP contribution >= 0.6 is 0 Å². The molecule has 1 N–H and O–H groups in total. The number of ether oxygens (including phenoxy) is 1. The molecule has 1 aliphatic heterocycles. The number of carbonyl (C=O) groups excluding carboxylic acids is 3. The largest absolute Gasteiger partial charge is 0.452 e. The van der Waals surface area contributed by atoms with E-state index in [4.69, 9.17) is 4.74 Å². The molecule has 0 spiro atoms. The first-order valence-electron chi connectivity index (χ1n) is 10.3. The zero-order valence-corrected chi connectivity index (χ0v) is 19.3. The summed E-state index contributed by atoms with van der Waals surface area (Å²) >= 11 is 0. The minimum absolute atomic E-state index is 0.0452. The minimum Gasteiger partial charge on any atom is -0.452 e. The van der Waals surface area contributed by atoms with Crippen LogP contribution in [0.1, 0.15) is 37.4 Å². The smallest absolute Gasteiger partial charge is 0.338 e. The summed E-state index contributed by atoms with van der Waals surface area (Å²) in [4.78, 5) is 47.7. The van der Waals surface area contributed by atoms with Crippen LogP contribution in [0.3, 0.4) is 0 Å². The number of hydrogen-bond acceptors (Lipinski definition) is 8. The molecule has 0 fully saturated rings. The van der Waals surface area contributed by atoms with Crippen molar-refractivity contribution in [3.05, 3.63) is 92.5 Å². The SMILES string of the molecule is Cc1cc(NC(=O)COC(=O)c2ccc3c(c2)S(=O)(=O)c2ccccc2C3=O)c([N+](=O)[O-])cc1C. The fourth-order valence-corrected chi connectivity index (χ4v) is 5.34. The number of rotatable bonds is 5. The van der Waals surface area contributed by atoms with E-state index in [1.54, 1.807) is 19.9 Å². The molecule has 3 aromatic carbocycles. The van der Waals surface area contributed by atoms with Crippen molar-refractivity contribution < 1.29 is 32.5 Å². The lowest BCUT2D eigenvalue weighted by molar-refractivity contribution is -0.384. The summed E-state index contributed by atoms with van der Waals surface area (Å²) in [6, 6.07) is 12.0. The molecular formula is C24H18N2O8S. The number of hydrogen-bond donors (Lipinski definition) is 1. The van der Waals surface area contributed by atoms with Crippen LogP contribution in [0.25, 0.3) is 0 Å². The van der Waals surface area contributed by atoms with E-state index in [0.717, 1.165) is 6.07 Å². The maximum atomic E-state index is 13.0. The van der Waals surface area contributed by atoms with Crippen LogP contribution in [0, 0.1) is 24.0 Å².